The van der Waals surface area contributed by atoms with Gasteiger partial charge in [-0.1, -0.05) is 13.8 Å². The maximum atomic E-state index is 13.2. The minimum atomic E-state index is -0.607. The Morgan fingerprint density at radius 2 is 1.73 bits per heavy atom. The number of carbonyl (C=O) groups is 1. The van der Waals surface area contributed by atoms with E-state index in [-0.39, 0.29) is 22.4 Å². The zero-order valence-electron chi connectivity index (χ0n) is 18.9. The zero-order valence-corrected chi connectivity index (χ0v) is 18.9. The summed E-state index contributed by atoms with van der Waals surface area (Å²) >= 11 is 0. The number of likely N-dealkylation sites (tertiary alicyclic amines) is 2. The van der Waals surface area contributed by atoms with Crippen LogP contribution in [0.15, 0.2) is 27.4 Å². The van der Waals surface area contributed by atoms with Crippen LogP contribution in [0.1, 0.15) is 38.3 Å². The Morgan fingerprint density at radius 1 is 1.10 bits per heavy atom. The van der Waals surface area contributed by atoms with Gasteiger partial charge in [0, 0.05) is 43.2 Å². The molecule has 30 heavy (non-hydrogen) atoms. The third-order valence-electron chi connectivity index (χ3n) is 6.70. The molecule has 2 fully saturated rings. The van der Waals surface area contributed by atoms with Crippen LogP contribution in [-0.4, -0.2) is 55.0 Å². The van der Waals surface area contributed by atoms with Gasteiger partial charge in [-0.05, 0) is 62.8 Å². The Bertz CT molecular complexity index is 1040. The van der Waals surface area contributed by atoms with Crippen molar-refractivity contribution in [1.29, 1.82) is 0 Å². The Balaban J connectivity index is 1.53. The number of rotatable bonds is 3. The topological polar surface area (TPSA) is 63.0 Å². The largest absolute Gasteiger partial charge is 0.481 e. The molecule has 0 aliphatic carbocycles. The second-order valence-electron chi connectivity index (χ2n) is 10.2. The first-order chi connectivity index (χ1) is 14.0. The number of aryl methyl sites for hydroxylation is 1. The summed E-state index contributed by atoms with van der Waals surface area (Å²) in [5.41, 5.74) is 1.88. The molecule has 4 rings (SSSR count). The smallest absolute Gasteiger partial charge is 0.339 e. The quantitative estimate of drug-likeness (QED) is 0.724. The predicted molar refractivity (Wildman–Crippen MR) is 117 cm³/mol. The fourth-order valence-corrected chi connectivity index (χ4v) is 5.86. The molecule has 2 bridgehead atoms. The highest BCUT2D eigenvalue weighted by atomic mass is 16.5. The molecule has 1 aromatic heterocycles. The summed E-state index contributed by atoms with van der Waals surface area (Å²) in [6.45, 7) is 13.5. The van der Waals surface area contributed by atoms with Gasteiger partial charge >= 0.3 is 5.63 Å². The molecule has 0 N–H and O–H groups in total. The number of hydrogen-bond acceptors (Lipinski definition) is 5. The lowest BCUT2D eigenvalue weighted by atomic mass is 9.65. The molecule has 0 radical (unpaired) electrons. The molecule has 6 nitrogen and oxygen atoms in total. The second-order valence-corrected chi connectivity index (χ2v) is 10.2. The lowest BCUT2D eigenvalue weighted by Gasteiger charge is -2.56. The van der Waals surface area contributed by atoms with E-state index >= 15 is 0 Å². The highest BCUT2D eigenvalue weighted by molar-refractivity contribution is 5.83. The van der Waals surface area contributed by atoms with Crippen molar-refractivity contribution in [2.45, 2.75) is 47.1 Å². The van der Waals surface area contributed by atoms with E-state index in [1.54, 1.807) is 19.9 Å². The van der Waals surface area contributed by atoms with Gasteiger partial charge in [0.15, 0.2) is 6.10 Å². The van der Waals surface area contributed by atoms with Crippen molar-refractivity contribution in [3.63, 3.8) is 0 Å². The van der Waals surface area contributed by atoms with Crippen LogP contribution >= 0.6 is 0 Å². The fraction of sp³-hybridized carbons (Fsp3) is 0.583. The summed E-state index contributed by atoms with van der Waals surface area (Å²) in [7, 11) is 2.17. The van der Waals surface area contributed by atoms with Crippen LogP contribution in [0.5, 0.6) is 5.75 Å². The summed E-state index contributed by atoms with van der Waals surface area (Å²) in [6.07, 6.45) is 0.538. The SMILES string of the molecule is Cc1c(C)c2ccc(OC(C)C(=O)N3CC4(C)CN(C)CC(C)(C3)C4)cc2oc1=O. The number of benzene rings is 1. The number of hydrogen-bond donors (Lipinski definition) is 0. The first-order valence-electron chi connectivity index (χ1n) is 10.7. The highest BCUT2D eigenvalue weighted by Gasteiger charge is 2.49. The predicted octanol–water partition coefficient (Wildman–Crippen LogP) is 3.37. The molecule has 0 saturated carbocycles. The van der Waals surface area contributed by atoms with Gasteiger partial charge in [0.2, 0.25) is 0 Å². The van der Waals surface area contributed by atoms with E-state index in [1.165, 1.54) is 0 Å². The average Bonchev–Trinajstić information content (AvgIpc) is 2.62. The highest BCUT2D eigenvalue weighted by Crippen LogP contribution is 2.45. The molecule has 162 valence electrons. The Kier molecular flexibility index (Phi) is 4.96. The van der Waals surface area contributed by atoms with E-state index in [2.05, 4.69) is 25.8 Å². The average molecular weight is 413 g/mol. The van der Waals surface area contributed by atoms with E-state index in [4.69, 9.17) is 9.15 Å². The standard InChI is InChI=1S/C24H32N2O4/c1-15-16(2)22(28)30-20-9-18(7-8-19(15)20)29-17(3)21(27)26-13-23(4)10-24(5,14-26)12-25(6)11-23/h7-9,17H,10-14H2,1-6H3. The molecule has 2 saturated heterocycles. The van der Waals surface area contributed by atoms with Crippen LogP contribution in [0.4, 0.5) is 0 Å². The molecule has 3 heterocycles. The van der Waals surface area contributed by atoms with Crippen LogP contribution < -0.4 is 10.4 Å². The summed E-state index contributed by atoms with van der Waals surface area (Å²) in [5.74, 6) is 0.544. The van der Waals surface area contributed by atoms with Crippen LogP contribution in [0.3, 0.4) is 0 Å². The number of carbonyl (C=O) groups excluding carboxylic acids is 1. The number of fused-ring (bicyclic) bond motifs is 3. The molecule has 2 aliphatic rings. The van der Waals surface area contributed by atoms with Crippen LogP contribution in [0, 0.1) is 24.7 Å². The third-order valence-corrected chi connectivity index (χ3v) is 6.70. The zero-order chi connectivity index (χ0) is 21.8. The molecular formula is C24H32N2O4. The summed E-state index contributed by atoms with van der Waals surface area (Å²) < 4.78 is 11.4. The summed E-state index contributed by atoms with van der Waals surface area (Å²) in [6, 6.07) is 5.42. The number of piperidine rings is 2. The fourth-order valence-electron chi connectivity index (χ4n) is 5.86. The van der Waals surface area contributed by atoms with Crippen molar-refractivity contribution in [3.8, 4) is 5.75 Å². The summed E-state index contributed by atoms with van der Waals surface area (Å²) in [5, 5.41) is 0.882. The summed E-state index contributed by atoms with van der Waals surface area (Å²) in [4.78, 5) is 29.6. The van der Waals surface area contributed by atoms with Gasteiger partial charge in [-0.2, -0.15) is 0 Å². The van der Waals surface area contributed by atoms with E-state index in [9.17, 15) is 9.59 Å². The maximum absolute atomic E-state index is 13.2. The van der Waals surface area contributed by atoms with Gasteiger partial charge in [-0.25, -0.2) is 4.79 Å². The van der Waals surface area contributed by atoms with Crippen molar-refractivity contribution in [3.05, 3.63) is 39.7 Å². The molecule has 1 amide bonds. The van der Waals surface area contributed by atoms with Gasteiger partial charge < -0.3 is 19.0 Å². The Labute approximate surface area is 177 Å². The van der Waals surface area contributed by atoms with E-state index in [0.717, 1.165) is 43.5 Å². The lowest BCUT2D eigenvalue weighted by molar-refractivity contribution is -0.150. The van der Waals surface area contributed by atoms with Gasteiger partial charge in [0.1, 0.15) is 11.3 Å². The van der Waals surface area contributed by atoms with Crippen LogP contribution in [0.2, 0.25) is 0 Å². The van der Waals surface area contributed by atoms with E-state index in [0.29, 0.717) is 16.9 Å². The Morgan fingerprint density at radius 3 is 2.37 bits per heavy atom. The normalized spacial score (nSPS) is 27.9. The van der Waals surface area contributed by atoms with Crippen LogP contribution in [-0.2, 0) is 4.79 Å². The molecule has 0 spiro atoms. The van der Waals surface area contributed by atoms with Gasteiger partial charge in [0.25, 0.3) is 5.91 Å². The number of nitrogens with zero attached hydrogens (tertiary/aromatic N) is 2. The molecule has 2 aliphatic heterocycles. The van der Waals surface area contributed by atoms with E-state index < -0.39 is 6.10 Å². The van der Waals surface area contributed by atoms with E-state index in [1.807, 2.05) is 24.0 Å². The van der Waals surface area contributed by atoms with Crippen molar-refractivity contribution >= 4 is 16.9 Å². The van der Waals surface area contributed by atoms with Crippen LogP contribution in [0.25, 0.3) is 11.0 Å². The van der Waals surface area contributed by atoms with Crippen molar-refractivity contribution in [1.82, 2.24) is 9.80 Å². The monoisotopic (exact) mass is 412 g/mol. The molecule has 2 aromatic rings. The molecule has 3 atom stereocenters. The van der Waals surface area contributed by atoms with Crippen molar-refractivity contribution in [2.24, 2.45) is 10.8 Å². The minimum Gasteiger partial charge on any atom is -0.481 e. The molecule has 3 unspecified atom stereocenters. The lowest BCUT2D eigenvalue weighted by Crippen LogP contribution is -2.63. The molecule has 1 aromatic carbocycles. The van der Waals surface area contributed by atoms with Crippen molar-refractivity contribution < 1.29 is 13.9 Å². The Hall–Kier alpha value is -2.34. The first kappa shape index (κ1) is 20.9. The number of amides is 1. The first-order valence-corrected chi connectivity index (χ1v) is 10.7. The maximum Gasteiger partial charge on any atom is 0.339 e. The number of ether oxygens (including phenoxy) is 1. The van der Waals surface area contributed by atoms with Gasteiger partial charge in [-0.3, -0.25) is 4.79 Å². The second kappa shape index (κ2) is 7.12. The molecular weight excluding hydrogens is 380 g/mol. The van der Waals surface area contributed by atoms with Crippen molar-refractivity contribution in [2.75, 3.05) is 33.2 Å². The third kappa shape index (κ3) is 3.73. The molecule has 6 heteroatoms. The minimum absolute atomic E-state index is 0.0124. The van der Waals surface area contributed by atoms with Gasteiger partial charge in [0.05, 0.1) is 0 Å². The van der Waals surface area contributed by atoms with Gasteiger partial charge in [-0.15, -0.1) is 0 Å².